The van der Waals surface area contributed by atoms with Crippen molar-refractivity contribution in [1.82, 2.24) is 0 Å². The lowest BCUT2D eigenvalue weighted by Crippen LogP contribution is -2.33. The van der Waals surface area contributed by atoms with E-state index in [1.807, 2.05) is 64.1 Å². The maximum atomic E-state index is 13.5. The minimum Gasteiger partial charge on any atom is -0.350 e. The number of nitrogens with one attached hydrogen (secondary N) is 1. The molecule has 4 rings (SSSR count). The van der Waals surface area contributed by atoms with Gasteiger partial charge in [-0.05, 0) is 80.3 Å². The second-order valence-electron chi connectivity index (χ2n) is 7.99. The quantitative estimate of drug-likeness (QED) is 0.518. The Kier molecular flexibility index (Phi) is 5.42. The largest absolute Gasteiger partial charge is 0.350 e. The fraction of sp³-hybridized carbons (Fsp3) is 0.154. The average Bonchev–Trinajstić information content (AvgIpc) is 2.92. The second-order valence-corrected chi connectivity index (χ2v) is 8.43. The summed E-state index contributed by atoms with van der Waals surface area (Å²) < 4.78 is 0. The van der Waals surface area contributed by atoms with Gasteiger partial charge in [-0.3, -0.25) is 9.59 Å². The van der Waals surface area contributed by atoms with Gasteiger partial charge in [-0.1, -0.05) is 47.5 Å². The predicted octanol–water partition coefficient (Wildman–Crippen LogP) is 5.97. The number of amides is 2. The first-order chi connectivity index (χ1) is 14.7. The molecular weight excluding hydrogens is 408 g/mol. The number of aryl methyl sites for hydroxylation is 4. The standard InChI is InChI=1S/C26H23ClN2O2/c1-15-5-7-19(8-6-15)23-24(28-21-12-16(2)11-17(3)13-21)26(31)29(25(23)30)22-10-9-20(27)14-18(22)4/h5-14,28H,1-4H3. The summed E-state index contributed by atoms with van der Waals surface area (Å²) in [5, 5.41) is 3.79. The predicted molar refractivity (Wildman–Crippen MR) is 126 cm³/mol. The summed E-state index contributed by atoms with van der Waals surface area (Å²) in [7, 11) is 0. The third kappa shape index (κ3) is 3.99. The smallest absolute Gasteiger partial charge is 0.282 e. The molecule has 0 saturated heterocycles. The highest BCUT2D eigenvalue weighted by atomic mass is 35.5. The van der Waals surface area contributed by atoms with Gasteiger partial charge in [0, 0.05) is 10.7 Å². The summed E-state index contributed by atoms with van der Waals surface area (Å²) >= 11 is 6.09. The normalized spacial score (nSPS) is 13.9. The van der Waals surface area contributed by atoms with Crippen LogP contribution >= 0.6 is 11.6 Å². The highest BCUT2D eigenvalue weighted by molar-refractivity contribution is 6.46. The molecule has 0 radical (unpaired) electrons. The molecule has 4 nitrogen and oxygen atoms in total. The van der Waals surface area contributed by atoms with Crippen molar-refractivity contribution in [3.05, 3.63) is 99.2 Å². The van der Waals surface area contributed by atoms with Crippen LogP contribution in [-0.4, -0.2) is 11.8 Å². The molecule has 3 aromatic carbocycles. The van der Waals surface area contributed by atoms with Gasteiger partial charge in [0.05, 0.1) is 11.3 Å². The number of hydrogen-bond donors (Lipinski definition) is 1. The van der Waals surface area contributed by atoms with Gasteiger partial charge >= 0.3 is 0 Å². The van der Waals surface area contributed by atoms with Crippen LogP contribution in [0.2, 0.25) is 5.02 Å². The van der Waals surface area contributed by atoms with E-state index in [1.165, 1.54) is 4.90 Å². The maximum absolute atomic E-state index is 13.5. The second kappa shape index (κ2) is 8.05. The maximum Gasteiger partial charge on any atom is 0.282 e. The minimum absolute atomic E-state index is 0.271. The van der Waals surface area contributed by atoms with Gasteiger partial charge in [0.25, 0.3) is 11.8 Å². The lowest BCUT2D eigenvalue weighted by Gasteiger charge is -2.18. The van der Waals surface area contributed by atoms with Crippen molar-refractivity contribution < 1.29 is 9.59 Å². The number of halogens is 1. The number of carbonyl (C=O) groups excluding carboxylic acids is 2. The zero-order chi connectivity index (χ0) is 22.3. The number of anilines is 2. The number of carbonyl (C=O) groups is 2. The molecule has 1 heterocycles. The number of benzene rings is 3. The van der Waals surface area contributed by atoms with Crippen LogP contribution in [-0.2, 0) is 9.59 Å². The summed E-state index contributed by atoms with van der Waals surface area (Å²) in [6, 6.07) is 18.7. The number of imide groups is 1. The van der Waals surface area contributed by atoms with Gasteiger partial charge < -0.3 is 5.32 Å². The van der Waals surface area contributed by atoms with Gasteiger partial charge in [0.1, 0.15) is 5.70 Å². The van der Waals surface area contributed by atoms with Crippen LogP contribution in [0.1, 0.15) is 27.8 Å². The lowest BCUT2D eigenvalue weighted by molar-refractivity contribution is -0.120. The first-order valence-electron chi connectivity index (χ1n) is 10.1. The molecule has 0 unspecified atom stereocenters. The molecular formula is C26H23ClN2O2. The van der Waals surface area contributed by atoms with Crippen molar-refractivity contribution in [2.45, 2.75) is 27.7 Å². The Hall–Kier alpha value is -3.37. The first kappa shape index (κ1) is 20.9. The molecule has 0 fully saturated rings. The fourth-order valence-electron chi connectivity index (χ4n) is 3.91. The molecule has 0 aliphatic carbocycles. The van der Waals surface area contributed by atoms with E-state index < -0.39 is 0 Å². The number of nitrogens with zero attached hydrogens (tertiary/aromatic N) is 1. The molecule has 1 aliphatic rings. The third-order valence-corrected chi connectivity index (χ3v) is 5.55. The topological polar surface area (TPSA) is 49.4 Å². The van der Waals surface area contributed by atoms with Crippen molar-refractivity contribution >= 4 is 40.4 Å². The van der Waals surface area contributed by atoms with Crippen LogP contribution in [0, 0.1) is 27.7 Å². The molecule has 0 atom stereocenters. The van der Waals surface area contributed by atoms with E-state index in [1.54, 1.807) is 18.2 Å². The molecule has 1 N–H and O–H groups in total. The van der Waals surface area contributed by atoms with Crippen LogP contribution in [0.5, 0.6) is 0 Å². The van der Waals surface area contributed by atoms with Gasteiger partial charge in [0.15, 0.2) is 0 Å². The highest BCUT2D eigenvalue weighted by Crippen LogP contribution is 2.36. The molecule has 3 aromatic rings. The van der Waals surface area contributed by atoms with Crippen LogP contribution in [0.25, 0.3) is 5.57 Å². The molecule has 1 aliphatic heterocycles. The molecule has 5 heteroatoms. The Bertz CT molecular complexity index is 1220. The van der Waals surface area contributed by atoms with Crippen molar-refractivity contribution in [1.29, 1.82) is 0 Å². The monoisotopic (exact) mass is 430 g/mol. The summed E-state index contributed by atoms with van der Waals surface area (Å²) in [6.07, 6.45) is 0. The first-order valence-corrected chi connectivity index (χ1v) is 10.4. The Balaban J connectivity index is 1.85. The Labute approximate surface area is 187 Å². The molecule has 0 bridgehead atoms. The van der Waals surface area contributed by atoms with E-state index in [-0.39, 0.29) is 17.5 Å². The number of rotatable bonds is 4. The van der Waals surface area contributed by atoms with Gasteiger partial charge in [0.2, 0.25) is 0 Å². The number of hydrogen-bond acceptors (Lipinski definition) is 3. The van der Waals surface area contributed by atoms with E-state index in [0.717, 1.165) is 27.9 Å². The molecule has 0 spiro atoms. The molecule has 156 valence electrons. The average molecular weight is 431 g/mol. The van der Waals surface area contributed by atoms with E-state index in [4.69, 9.17) is 11.6 Å². The van der Waals surface area contributed by atoms with E-state index in [0.29, 0.717) is 21.8 Å². The van der Waals surface area contributed by atoms with Gasteiger partial charge in [-0.15, -0.1) is 0 Å². The third-order valence-electron chi connectivity index (χ3n) is 5.31. The van der Waals surface area contributed by atoms with Crippen LogP contribution in [0.4, 0.5) is 11.4 Å². The molecule has 2 amide bonds. The van der Waals surface area contributed by atoms with Crippen molar-refractivity contribution in [3.8, 4) is 0 Å². The Morgan fingerprint density at radius 2 is 1.39 bits per heavy atom. The Morgan fingerprint density at radius 3 is 2.00 bits per heavy atom. The van der Waals surface area contributed by atoms with Crippen LogP contribution in [0.3, 0.4) is 0 Å². The minimum atomic E-state index is -0.384. The van der Waals surface area contributed by atoms with Gasteiger partial charge in [-0.2, -0.15) is 0 Å². The lowest BCUT2D eigenvalue weighted by atomic mass is 10.0. The fourth-order valence-corrected chi connectivity index (χ4v) is 4.14. The summed E-state index contributed by atoms with van der Waals surface area (Å²) in [4.78, 5) is 28.3. The zero-order valence-electron chi connectivity index (χ0n) is 17.9. The molecule has 0 aromatic heterocycles. The summed E-state index contributed by atoms with van der Waals surface area (Å²) in [5.41, 5.74) is 6.61. The van der Waals surface area contributed by atoms with Crippen molar-refractivity contribution in [3.63, 3.8) is 0 Å². The van der Waals surface area contributed by atoms with Crippen LogP contribution in [0.15, 0.2) is 66.4 Å². The zero-order valence-corrected chi connectivity index (χ0v) is 18.7. The van der Waals surface area contributed by atoms with E-state index in [2.05, 4.69) is 11.4 Å². The molecule has 0 saturated carbocycles. The van der Waals surface area contributed by atoms with E-state index in [9.17, 15) is 9.59 Å². The highest BCUT2D eigenvalue weighted by Gasteiger charge is 2.40. The van der Waals surface area contributed by atoms with Crippen molar-refractivity contribution in [2.24, 2.45) is 0 Å². The van der Waals surface area contributed by atoms with Crippen LogP contribution < -0.4 is 10.2 Å². The summed E-state index contributed by atoms with van der Waals surface area (Å²) in [5.74, 6) is -0.740. The Morgan fingerprint density at radius 1 is 0.742 bits per heavy atom. The SMILES string of the molecule is Cc1ccc(C2=C(Nc3cc(C)cc(C)c3)C(=O)N(c3ccc(Cl)cc3C)C2=O)cc1. The van der Waals surface area contributed by atoms with Gasteiger partial charge in [-0.25, -0.2) is 4.90 Å². The van der Waals surface area contributed by atoms with Crippen molar-refractivity contribution in [2.75, 3.05) is 10.2 Å². The molecule has 31 heavy (non-hydrogen) atoms. The summed E-state index contributed by atoms with van der Waals surface area (Å²) in [6.45, 7) is 7.82. The van der Waals surface area contributed by atoms with E-state index >= 15 is 0 Å².